The molecule has 0 atom stereocenters. The molecule has 0 aliphatic carbocycles. The van der Waals surface area contributed by atoms with Crippen molar-refractivity contribution in [3.05, 3.63) is 113 Å². The third kappa shape index (κ3) is 6.02. The Morgan fingerprint density at radius 1 is 0.944 bits per heavy atom. The summed E-state index contributed by atoms with van der Waals surface area (Å²) < 4.78 is 47.2. The number of nitrogens with zero attached hydrogens (tertiary/aromatic N) is 1. The van der Waals surface area contributed by atoms with Gasteiger partial charge in [-0.2, -0.15) is 0 Å². The topological polar surface area (TPSA) is 75.7 Å². The zero-order chi connectivity index (χ0) is 25.7. The summed E-state index contributed by atoms with van der Waals surface area (Å²) in [7, 11) is -4.19. The summed E-state index contributed by atoms with van der Waals surface area (Å²) in [5.74, 6) is -0.306. The van der Waals surface area contributed by atoms with Crippen LogP contribution in [-0.2, 0) is 14.8 Å². The third-order valence-corrected chi connectivity index (χ3v) is 7.22. The Hall–Kier alpha value is -3.88. The molecule has 0 spiro atoms. The van der Waals surface area contributed by atoms with Gasteiger partial charge in [0.1, 0.15) is 18.1 Å². The quantitative estimate of drug-likeness (QED) is 0.289. The van der Waals surface area contributed by atoms with E-state index in [1.54, 1.807) is 48.5 Å². The maximum atomic E-state index is 13.5. The van der Waals surface area contributed by atoms with Crippen molar-refractivity contribution >= 4 is 38.9 Å². The van der Waals surface area contributed by atoms with E-state index in [1.165, 1.54) is 6.07 Å². The van der Waals surface area contributed by atoms with Crippen LogP contribution in [0.3, 0.4) is 0 Å². The van der Waals surface area contributed by atoms with Crippen LogP contribution in [0, 0.1) is 12.7 Å². The molecule has 4 aromatic carbocycles. The first-order valence-corrected chi connectivity index (χ1v) is 12.7. The van der Waals surface area contributed by atoms with E-state index in [0.29, 0.717) is 16.5 Å². The van der Waals surface area contributed by atoms with Gasteiger partial charge in [-0.1, -0.05) is 47.5 Å². The van der Waals surface area contributed by atoms with Gasteiger partial charge >= 0.3 is 0 Å². The van der Waals surface area contributed by atoms with Crippen molar-refractivity contribution in [1.29, 1.82) is 0 Å². The Morgan fingerprint density at radius 3 is 2.28 bits per heavy atom. The highest BCUT2D eigenvalue weighted by Gasteiger charge is 2.27. The minimum Gasteiger partial charge on any atom is -0.455 e. The zero-order valence-corrected chi connectivity index (χ0v) is 20.8. The largest absolute Gasteiger partial charge is 0.455 e. The molecule has 0 fully saturated rings. The van der Waals surface area contributed by atoms with Crippen LogP contribution in [0.2, 0.25) is 5.02 Å². The normalized spacial score (nSPS) is 11.1. The number of nitrogens with one attached hydrogen (secondary N) is 1. The van der Waals surface area contributed by atoms with Gasteiger partial charge in [0.05, 0.1) is 16.3 Å². The van der Waals surface area contributed by atoms with E-state index in [9.17, 15) is 17.6 Å². The van der Waals surface area contributed by atoms with Crippen LogP contribution in [0.1, 0.15) is 5.56 Å². The van der Waals surface area contributed by atoms with Crippen molar-refractivity contribution in [3.8, 4) is 11.5 Å². The fourth-order valence-electron chi connectivity index (χ4n) is 3.38. The van der Waals surface area contributed by atoms with E-state index in [1.807, 2.05) is 25.1 Å². The van der Waals surface area contributed by atoms with Gasteiger partial charge in [-0.3, -0.25) is 9.10 Å². The average molecular weight is 525 g/mol. The second-order valence-corrected chi connectivity index (χ2v) is 10.2. The summed E-state index contributed by atoms with van der Waals surface area (Å²) in [4.78, 5) is 13.0. The van der Waals surface area contributed by atoms with Gasteiger partial charge < -0.3 is 10.1 Å². The van der Waals surface area contributed by atoms with Crippen molar-refractivity contribution in [1.82, 2.24) is 0 Å². The van der Waals surface area contributed by atoms with Gasteiger partial charge in [0, 0.05) is 5.02 Å². The lowest BCUT2D eigenvalue weighted by molar-refractivity contribution is -0.114. The average Bonchev–Trinajstić information content (AvgIpc) is 2.86. The molecule has 1 N–H and O–H groups in total. The van der Waals surface area contributed by atoms with Crippen LogP contribution in [0.15, 0.2) is 102 Å². The summed E-state index contributed by atoms with van der Waals surface area (Å²) in [5, 5.41) is 3.06. The molecule has 0 heterocycles. The Morgan fingerprint density at radius 2 is 1.61 bits per heavy atom. The number of carbonyl (C=O) groups excluding carboxylic acids is 1. The third-order valence-electron chi connectivity index (χ3n) is 5.20. The van der Waals surface area contributed by atoms with E-state index >= 15 is 0 Å². The molecule has 36 heavy (non-hydrogen) atoms. The Balaban J connectivity index is 1.64. The smallest absolute Gasteiger partial charge is 0.264 e. The molecule has 0 saturated heterocycles. The molecule has 0 radical (unpaired) electrons. The molecule has 4 rings (SSSR count). The number of carbonyl (C=O) groups is 1. The van der Waals surface area contributed by atoms with Crippen LogP contribution in [0.25, 0.3) is 0 Å². The molecular formula is C27H22ClFN2O4S. The number of anilines is 2. The predicted molar refractivity (Wildman–Crippen MR) is 139 cm³/mol. The van der Waals surface area contributed by atoms with E-state index in [2.05, 4.69) is 5.32 Å². The van der Waals surface area contributed by atoms with Crippen molar-refractivity contribution in [2.75, 3.05) is 16.2 Å². The summed E-state index contributed by atoms with van der Waals surface area (Å²) in [6.07, 6.45) is 0. The molecule has 6 nitrogen and oxygen atoms in total. The molecular weight excluding hydrogens is 503 g/mol. The number of ether oxygens (including phenoxy) is 1. The predicted octanol–water partition coefficient (Wildman–Crippen LogP) is 6.41. The number of aryl methyl sites for hydroxylation is 1. The van der Waals surface area contributed by atoms with E-state index in [-0.39, 0.29) is 16.3 Å². The summed E-state index contributed by atoms with van der Waals surface area (Å²) >= 11 is 6.14. The molecule has 1 amide bonds. The van der Waals surface area contributed by atoms with Gasteiger partial charge in [0.2, 0.25) is 5.91 Å². The maximum absolute atomic E-state index is 13.5. The fourth-order valence-corrected chi connectivity index (χ4v) is 4.98. The molecule has 4 aromatic rings. The van der Waals surface area contributed by atoms with Crippen LogP contribution >= 0.6 is 11.6 Å². The highest BCUT2D eigenvalue weighted by atomic mass is 35.5. The lowest BCUT2D eigenvalue weighted by Crippen LogP contribution is -2.38. The van der Waals surface area contributed by atoms with Gasteiger partial charge in [-0.15, -0.1) is 0 Å². The molecule has 0 aliphatic rings. The first kappa shape index (κ1) is 25.2. The fraction of sp³-hybridized carbons (Fsp3) is 0.0741. The SMILES string of the molecule is Cc1ccc(N(CC(=O)Nc2cc(Cl)ccc2Oc2ccccc2)S(=O)(=O)c2ccc(F)cc2)cc1. The van der Waals surface area contributed by atoms with Gasteiger partial charge in [-0.25, -0.2) is 12.8 Å². The summed E-state index contributed by atoms with van der Waals surface area (Å²) in [6.45, 7) is 1.32. The molecule has 184 valence electrons. The number of para-hydroxylation sites is 1. The molecule has 0 saturated carbocycles. The van der Waals surface area contributed by atoms with Gasteiger partial charge in [0.15, 0.2) is 5.75 Å². The number of sulfonamides is 1. The maximum Gasteiger partial charge on any atom is 0.264 e. The highest BCUT2D eigenvalue weighted by Crippen LogP contribution is 2.32. The zero-order valence-electron chi connectivity index (χ0n) is 19.2. The van der Waals surface area contributed by atoms with Crippen LogP contribution in [0.5, 0.6) is 11.5 Å². The Bertz CT molecular complexity index is 1460. The first-order valence-electron chi connectivity index (χ1n) is 10.9. The van der Waals surface area contributed by atoms with Crippen LogP contribution < -0.4 is 14.4 Å². The van der Waals surface area contributed by atoms with Crippen LogP contribution in [-0.4, -0.2) is 20.9 Å². The minimum absolute atomic E-state index is 0.145. The Kier molecular flexibility index (Phi) is 7.57. The number of rotatable bonds is 8. The van der Waals surface area contributed by atoms with Crippen molar-refractivity contribution in [2.45, 2.75) is 11.8 Å². The second kappa shape index (κ2) is 10.8. The van der Waals surface area contributed by atoms with Crippen molar-refractivity contribution < 1.29 is 22.3 Å². The van der Waals surface area contributed by atoms with Crippen molar-refractivity contribution in [2.24, 2.45) is 0 Å². The van der Waals surface area contributed by atoms with E-state index < -0.39 is 28.3 Å². The molecule has 0 bridgehead atoms. The highest BCUT2D eigenvalue weighted by molar-refractivity contribution is 7.92. The minimum atomic E-state index is -4.19. The summed E-state index contributed by atoms with van der Waals surface area (Å²) in [6, 6.07) is 24.8. The number of hydrogen-bond donors (Lipinski definition) is 1. The number of benzene rings is 4. The molecule has 0 aliphatic heterocycles. The lowest BCUT2D eigenvalue weighted by Gasteiger charge is -2.24. The standard InChI is InChI=1S/C27H22ClFN2O4S/c1-19-7-12-22(13-8-19)31(36(33,34)24-14-10-21(29)11-15-24)18-27(32)30-25-17-20(28)9-16-26(25)35-23-5-3-2-4-6-23/h2-17H,18H2,1H3,(H,30,32). The second-order valence-electron chi connectivity index (χ2n) is 7.90. The molecule has 0 aromatic heterocycles. The molecule has 0 unspecified atom stereocenters. The van der Waals surface area contributed by atoms with E-state index in [4.69, 9.17) is 16.3 Å². The number of hydrogen-bond acceptors (Lipinski definition) is 4. The van der Waals surface area contributed by atoms with Crippen LogP contribution in [0.4, 0.5) is 15.8 Å². The van der Waals surface area contributed by atoms with Gasteiger partial charge in [-0.05, 0) is 73.7 Å². The lowest BCUT2D eigenvalue weighted by atomic mass is 10.2. The first-order chi connectivity index (χ1) is 17.2. The van der Waals surface area contributed by atoms with E-state index in [0.717, 1.165) is 34.1 Å². The van der Waals surface area contributed by atoms with Crippen molar-refractivity contribution in [3.63, 3.8) is 0 Å². The summed E-state index contributed by atoms with van der Waals surface area (Å²) in [5.41, 5.74) is 1.48. The monoisotopic (exact) mass is 524 g/mol. The number of halogens is 2. The molecule has 9 heteroatoms. The number of amides is 1. The Labute approximate surface area is 214 Å². The van der Waals surface area contributed by atoms with Gasteiger partial charge in [0.25, 0.3) is 10.0 Å².